The Hall–Kier alpha value is -1.48. The second kappa shape index (κ2) is 5.23. The molecule has 4 heteroatoms. The first kappa shape index (κ1) is 12.0. The van der Waals surface area contributed by atoms with Crippen molar-refractivity contribution in [3.8, 4) is 0 Å². The lowest BCUT2D eigenvalue weighted by Gasteiger charge is -2.16. The molecule has 0 aliphatic heterocycles. The monoisotopic (exact) mass is 253 g/mol. The molecular formula is C13H13ClFNO. The Morgan fingerprint density at radius 2 is 2.18 bits per heavy atom. The summed E-state index contributed by atoms with van der Waals surface area (Å²) in [5.74, 6) is 0.448. The number of nitrogens with two attached hydrogens (primary N) is 1. The molecule has 1 aliphatic rings. The smallest absolute Gasteiger partial charge is 0.123 e. The van der Waals surface area contributed by atoms with Crippen LogP contribution in [-0.4, -0.2) is 0 Å². The Bertz CT molecular complexity index is 482. The molecule has 0 atom stereocenters. The van der Waals surface area contributed by atoms with Crippen molar-refractivity contribution in [2.45, 2.75) is 19.4 Å². The lowest BCUT2D eigenvalue weighted by atomic mass is 10.1. The first-order valence-corrected chi connectivity index (χ1v) is 5.75. The van der Waals surface area contributed by atoms with Crippen LogP contribution in [0.25, 0.3) is 0 Å². The standard InChI is InChI=1S/C13H13ClFNO/c14-12-7-11(16)4-5-13(12)17-8-9-2-1-3-10(15)6-9/h1-3,6-7H,4-5,8,16H2. The van der Waals surface area contributed by atoms with E-state index in [1.807, 2.05) is 6.07 Å². The van der Waals surface area contributed by atoms with Crippen molar-refractivity contribution >= 4 is 11.6 Å². The second-order valence-corrected chi connectivity index (χ2v) is 4.32. The number of ether oxygens (including phenoxy) is 1. The largest absolute Gasteiger partial charge is 0.492 e. The van der Waals surface area contributed by atoms with Gasteiger partial charge in [0, 0.05) is 12.1 Å². The Morgan fingerprint density at radius 1 is 1.35 bits per heavy atom. The molecule has 1 aromatic rings. The van der Waals surface area contributed by atoms with E-state index < -0.39 is 0 Å². The highest BCUT2D eigenvalue weighted by Crippen LogP contribution is 2.26. The Labute approximate surface area is 105 Å². The van der Waals surface area contributed by atoms with E-state index in [9.17, 15) is 4.39 Å². The number of hydrogen-bond donors (Lipinski definition) is 1. The summed E-state index contributed by atoms with van der Waals surface area (Å²) in [4.78, 5) is 0. The number of rotatable bonds is 3. The lowest BCUT2D eigenvalue weighted by Crippen LogP contribution is -2.06. The van der Waals surface area contributed by atoms with Crippen molar-refractivity contribution in [3.05, 3.63) is 58.2 Å². The maximum Gasteiger partial charge on any atom is 0.123 e. The Morgan fingerprint density at radius 3 is 2.88 bits per heavy atom. The number of halogens is 2. The zero-order valence-corrected chi connectivity index (χ0v) is 10.0. The predicted octanol–water partition coefficient (Wildman–Crippen LogP) is 3.43. The van der Waals surface area contributed by atoms with Crippen molar-refractivity contribution in [1.29, 1.82) is 0 Å². The summed E-state index contributed by atoms with van der Waals surface area (Å²) in [5.41, 5.74) is 7.19. The lowest BCUT2D eigenvalue weighted by molar-refractivity contribution is 0.186. The highest BCUT2D eigenvalue weighted by Gasteiger charge is 2.11. The molecule has 0 spiro atoms. The zero-order valence-electron chi connectivity index (χ0n) is 9.25. The van der Waals surface area contributed by atoms with Crippen LogP contribution < -0.4 is 5.73 Å². The third-order valence-corrected chi connectivity index (χ3v) is 2.84. The highest BCUT2D eigenvalue weighted by molar-refractivity contribution is 6.31. The minimum absolute atomic E-state index is 0.265. The van der Waals surface area contributed by atoms with Gasteiger partial charge in [0.1, 0.15) is 18.2 Å². The van der Waals surface area contributed by atoms with Gasteiger partial charge < -0.3 is 10.5 Å². The van der Waals surface area contributed by atoms with Gasteiger partial charge in [-0.3, -0.25) is 0 Å². The Balaban J connectivity index is 2.01. The predicted molar refractivity (Wildman–Crippen MR) is 65.6 cm³/mol. The molecule has 2 rings (SSSR count). The minimum atomic E-state index is -0.265. The molecule has 2 nitrogen and oxygen atoms in total. The van der Waals surface area contributed by atoms with E-state index in [1.165, 1.54) is 12.1 Å². The van der Waals surface area contributed by atoms with Gasteiger partial charge in [-0.1, -0.05) is 23.7 Å². The molecule has 0 saturated heterocycles. The van der Waals surface area contributed by atoms with Gasteiger partial charge in [-0.05, 0) is 30.2 Å². The minimum Gasteiger partial charge on any atom is -0.492 e. The van der Waals surface area contributed by atoms with Gasteiger partial charge in [0.15, 0.2) is 0 Å². The molecule has 0 bridgehead atoms. The quantitative estimate of drug-likeness (QED) is 0.896. The molecule has 0 heterocycles. The summed E-state index contributed by atoms with van der Waals surface area (Å²) in [6.07, 6.45) is 3.14. The molecule has 1 aliphatic carbocycles. The first-order chi connectivity index (χ1) is 8.15. The van der Waals surface area contributed by atoms with Gasteiger partial charge in [-0.25, -0.2) is 4.39 Å². The van der Waals surface area contributed by atoms with Crippen molar-refractivity contribution < 1.29 is 9.13 Å². The molecule has 17 heavy (non-hydrogen) atoms. The van der Waals surface area contributed by atoms with Gasteiger partial charge >= 0.3 is 0 Å². The fourth-order valence-corrected chi connectivity index (χ4v) is 1.92. The summed E-state index contributed by atoms with van der Waals surface area (Å²) in [6, 6.07) is 6.31. The first-order valence-electron chi connectivity index (χ1n) is 5.37. The van der Waals surface area contributed by atoms with E-state index in [2.05, 4.69) is 0 Å². The topological polar surface area (TPSA) is 35.2 Å². The van der Waals surface area contributed by atoms with Crippen LogP contribution in [0.15, 0.2) is 46.8 Å². The summed E-state index contributed by atoms with van der Waals surface area (Å²) in [7, 11) is 0. The average Bonchev–Trinajstić information content (AvgIpc) is 2.28. The van der Waals surface area contributed by atoms with Crippen molar-refractivity contribution in [3.63, 3.8) is 0 Å². The molecule has 0 radical (unpaired) electrons. The fraction of sp³-hybridized carbons (Fsp3) is 0.231. The SMILES string of the molecule is NC1=CC(Cl)=C(OCc2cccc(F)c2)CC1. The molecule has 1 aromatic carbocycles. The molecule has 2 N–H and O–H groups in total. The summed E-state index contributed by atoms with van der Waals surface area (Å²) >= 11 is 6.00. The van der Waals surface area contributed by atoms with Crippen LogP contribution in [0.4, 0.5) is 4.39 Å². The van der Waals surface area contributed by atoms with Crippen LogP contribution >= 0.6 is 11.6 Å². The van der Waals surface area contributed by atoms with E-state index >= 15 is 0 Å². The van der Waals surface area contributed by atoms with Crippen LogP contribution in [-0.2, 0) is 11.3 Å². The zero-order chi connectivity index (χ0) is 12.3. The maximum atomic E-state index is 12.9. The van der Waals surface area contributed by atoms with Crippen molar-refractivity contribution in [1.82, 2.24) is 0 Å². The van der Waals surface area contributed by atoms with Gasteiger partial charge in [-0.2, -0.15) is 0 Å². The van der Waals surface area contributed by atoms with Gasteiger partial charge in [0.25, 0.3) is 0 Å². The van der Waals surface area contributed by atoms with Crippen LogP contribution in [0.5, 0.6) is 0 Å². The summed E-state index contributed by atoms with van der Waals surface area (Å²) < 4.78 is 18.5. The molecule has 90 valence electrons. The average molecular weight is 254 g/mol. The van der Waals surface area contributed by atoms with Crippen LogP contribution in [0.1, 0.15) is 18.4 Å². The van der Waals surface area contributed by atoms with E-state index in [0.717, 1.165) is 17.7 Å². The highest BCUT2D eigenvalue weighted by atomic mass is 35.5. The van der Waals surface area contributed by atoms with Crippen LogP contribution in [0.3, 0.4) is 0 Å². The number of hydrogen-bond acceptors (Lipinski definition) is 2. The molecule has 0 unspecified atom stereocenters. The van der Waals surface area contributed by atoms with E-state index in [0.29, 0.717) is 23.8 Å². The molecule has 0 fully saturated rings. The fourth-order valence-electron chi connectivity index (χ4n) is 1.63. The van der Waals surface area contributed by atoms with Crippen molar-refractivity contribution in [2.75, 3.05) is 0 Å². The van der Waals surface area contributed by atoms with E-state index in [4.69, 9.17) is 22.1 Å². The molecule has 0 saturated carbocycles. The normalized spacial score (nSPS) is 15.8. The molecule has 0 aromatic heterocycles. The second-order valence-electron chi connectivity index (χ2n) is 3.91. The third kappa shape index (κ3) is 3.24. The molecule has 0 amide bonds. The number of benzene rings is 1. The maximum absolute atomic E-state index is 12.9. The van der Waals surface area contributed by atoms with Crippen LogP contribution in [0.2, 0.25) is 0 Å². The van der Waals surface area contributed by atoms with Gasteiger partial charge in [0.2, 0.25) is 0 Å². The van der Waals surface area contributed by atoms with Gasteiger partial charge in [-0.15, -0.1) is 0 Å². The summed E-state index contributed by atoms with van der Waals surface area (Å²) in [6.45, 7) is 0.317. The van der Waals surface area contributed by atoms with E-state index in [1.54, 1.807) is 12.1 Å². The molecular weight excluding hydrogens is 241 g/mol. The Kier molecular flexibility index (Phi) is 3.69. The third-order valence-electron chi connectivity index (χ3n) is 2.52. The van der Waals surface area contributed by atoms with Crippen LogP contribution in [0, 0.1) is 5.82 Å². The van der Waals surface area contributed by atoms with E-state index in [-0.39, 0.29) is 5.82 Å². The van der Waals surface area contributed by atoms with Gasteiger partial charge in [0.05, 0.1) is 5.03 Å². The number of allylic oxidation sites excluding steroid dienone is 4. The van der Waals surface area contributed by atoms with Crippen molar-refractivity contribution in [2.24, 2.45) is 5.73 Å². The summed E-state index contributed by atoms with van der Waals surface area (Å²) in [5, 5.41) is 0.533.